The summed E-state index contributed by atoms with van der Waals surface area (Å²) in [5, 5.41) is 0.248. The summed E-state index contributed by atoms with van der Waals surface area (Å²) in [6.45, 7) is 13.8. The van der Waals surface area contributed by atoms with E-state index in [0.29, 0.717) is 57.7 Å². The topological polar surface area (TPSA) is 84.5 Å². The van der Waals surface area contributed by atoms with Gasteiger partial charge in [0.25, 0.3) is 5.91 Å². The fourth-order valence-corrected chi connectivity index (χ4v) is 5.38. The third kappa shape index (κ3) is 9.01. The second-order valence-electron chi connectivity index (χ2n) is 12.2. The van der Waals surface area contributed by atoms with Crippen LogP contribution in [0.5, 0.6) is 0 Å². The van der Waals surface area contributed by atoms with Gasteiger partial charge in [0.2, 0.25) is 18.2 Å². The van der Waals surface area contributed by atoms with Crippen LogP contribution in [-0.4, -0.2) is 110 Å². The highest BCUT2D eigenvalue weighted by molar-refractivity contribution is 6.30. The van der Waals surface area contributed by atoms with Crippen molar-refractivity contribution >= 4 is 41.4 Å². The number of nitrogens with zero attached hydrogens (tertiary/aromatic N) is 5. The number of carbonyl (C=O) groups excluding carboxylic acids is 4. The molecule has 0 aromatic heterocycles. The quantitative estimate of drug-likeness (QED) is 0.417. The first-order valence-corrected chi connectivity index (χ1v) is 15.6. The fraction of sp³-hybridized carbons (Fsp3) is 0.515. The maximum Gasteiger partial charge on any atom is 0.256 e. The van der Waals surface area contributed by atoms with Crippen LogP contribution in [-0.2, 0) is 14.4 Å². The molecule has 0 atom stereocenters. The van der Waals surface area contributed by atoms with E-state index >= 15 is 0 Å². The number of rotatable bonds is 7. The summed E-state index contributed by atoms with van der Waals surface area (Å²) >= 11 is 5.95. The molecule has 2 aromatic rings. The Morgan fingerprint density at radius 3 is 2.00 bits per heavy atom. The summed E-state index contributed by atoms with van der Waals surface area (Å²) in [7, 11) is 1.99. The normalized spacial score (nSPS) is 15.8. The Kier molecular flexibility index (Phi) is 12.3. The molecule has 0 radical (unpaired) electrons. The molecule has 0 spiro atoms. The van der Waals surface area contributed by atoms with E-state index < -0.39 is 5.82 Å². The summed E-state index contributed by atoms with van der Waals surface area (Å²) in [6, 6.07) is 9.05. The van der Waals surface area contributed by atoms with Gasteiger partial charge in [0, 0.05) is 69.4 Å². The molecule has 0 unspecified atom stereocenters. The first-order valence-electron chi connectivity index (χ1n) is 15.2. The van der Waals surface area contributed by atoms with Gasteiger partial charge in [-0.3, -0.25) is 19.2 Å². The predicted molar refractivity (Wildman–Crippen MR) is 172 cm³/mol. The van der Waals surface area contributed by atoms with Crippen LogP contribution in [0, 0.1) is 11.2 Å². The Balaban J connectivity index is 0.00000259. The van der Waals surface area contributed by atoms with Crippen molar-refractivity contribution in [2.75, 3.05) is 70.9 Å². The van der Waals surface area contributed by atoms with Crippen molar-refractivity contribution in [1.29, 1.82) is 0 Å². The smallest absolute Gasteiger partial charge is 0.256 e. The van der Waals surface area contributed by atoms with Gasteiger partial charge >= 0.3 is 0 Å². The molecule has 2 aliphatic rings. The molecule has 44 heavy (non-hydrogen) atoms. The van der Waals surface area contributed by atoms with Gasteiger partial charge in [0.1, 0.15) is 12.4 Å². The number of likely N-dealkylation sites (N-methyl/N-ethyl adjacent to an activating group) is 1. The highest BCUT2D eigenvalue weighted by Crippen LogP contribution is 2.31. The number of amides is 4. The van der Waals surface area contributed by atoms with Crippen LogP contribution in [0.15, 0.2) is 36.4 Å². The molecule has 2 aliphatic heterocycles. The van der Waals surface area contributed by atoms with E-state index in [9.17, 15) is 23.6 Å². The minimum absolute atomic E-state index is 0.0463. The molecule has 9 nitrogen and oxygen atoms in total. The third-order valence-electron chi connectivity index (χ3n) is 7.67. The summed E-state index contributed by atoms with van der Waals surface area (Å²) in [4.78, 5) is 60.6. The first-order chi connectivity index (χ1) is 20.9. The van der Waals surface area contributed by atoms with E-state index in [1.165, 1.54) is 17.0 Å². The molecule has 0 bridgehead atoms. The molecule has 2 saturated heterocycles. The number of anilines is 1. The van der Waals surface area contributed by atoms with Crippen molar-refractivity contribution in [1.82, 2.24) is 19.6 Å². The summed E-state index contributed by atoms with van der Waals surface area (Å²) in [6.07, 6.45) is 0.959. The van der Waals surface area contributed by atoms with Gasteiger partial charge in [0.15, 0.2) is 0 Å². The molecule has 2 heterocycles. The lowest BCUT2D eigenvalue weighted by molar-refractivity contribution is -0.134. The highest BCUT2D eigenvalue weighted by atomic mass is 35.5. The lowest BCUT2D eigenvalue weighted by atomic mass is 9.91. The minimum Gasteiger partial charge on any atom is -0.339 e. The maximum absolute atomic E-state index is 14.9. The Bertz CT molecular complexity index is 1330. The van der Waals surface area contributed by atoms with Crippen LogP contribution < -0.4 is 4.90 Å². The Labute approximate surface area is 265 Å². The molecule has 0 N–H and O–H groups in total. The SMILES string of the molecule is CC.CN1CCN(C(=O)CN(C=O)c2ccc(-c3ccc(Cl)cc3F)cc2C(=O)N2CCN(C(=O)CC(C)(C)C)CC2)CC1. The molecule has 2 aromatic carbocycles. The number of halogens is 2. The second-order valence-corrected chi connectivity index (χ2v) is 12.6. The van der Waals surface area contributed by atoms with Gasteiger partial charge in [-0.1, -0.05) is 52.3 Å². The molecule has 2 fully saturated rings. The highest BCUT2D eigenvalue weighted by Gasteiger charge is 2.30. The standard InChI is InChI=1S/C31H39ClFN5O4.C2H6/c1-31(2,3)19-28(40)35-13-15-37(16-14-35)30(42)25-17-22(24-7-6-23(32)18-26(24)33)5-8-27(25)38(21-39)20-29(41)36-11-9-34(4)10-12-36;1-2/h5-8,17-18,21H,9-16,19-20H2,1-4H3;1-2H3. The Hall–Kier alpha value is -3.50. The average molecular weight is 630 g/mol. The fourth-order valence-electron chi connectivity index (χ4n) is 5.22. The van der Waals surface area contributed by atoms with Crippen molar-refractivity contribution in [3.8, 4) is 11.1 Å². The van der Waals surface area contributed by atoms with Gasteiger partial charge in [0.05, 0.1) is 11.3 Å². The molecular formula is C33H45ClFN5O4. The van der Waals surface area contributed by atoms with Crippen LogP contribution in [0.3, 0.4) is 0 Å². The number of carbonyl (C=O) groups is 4. The number of hydrogen-bond acceptors (Lipinski definition) is 5. The van der Waals surface area contributed by atoms with E-state index in [-0.39, 0.29) is 51.5 Å². The van der Waals surface area contributed by atoms with Crippen molar-refractivity contribution in [2.24, 2.45) is 5.41 Å². The van der Waals surface area contributed by atoms with Gasteiger partial charge in [-0.15, -0.1) is 0 Å². The largest absolute Gasteiger partial charge is 0.339 e. The van der Waals surface area contributed by atoms with E-state index in [0.717, 1.165) is 13.1 Å². The molecule has 4 amide bonds. The summed E-state index contributed by atoms with van der Waals surface area (Å²) in [5.74, 6) is -1.07. The van der Waals surface area contributed by atoms with Gasteiger partial charge < -0.3 is 24.5 Å². The predicted octanol–water partition coefficient (Wildman–Crippen LogP) is 4.63. The van der Waals surface area contributed by atoms with E-state index in [4.69, 9.17) is 11.6 Å². The third-order valence-corrected chi connectivity index (χ3v) is 7.90. The van der Waals surface area contributed by atoms with Gasteiger partial charge in [-0.05, 0) is 48.4 Å². The average Bonchev–Trinajstić information content (AvgIpc) is 3.00. The zero-order valence-corrected chi connectivity index (χ0v) is 27.5. The Morgan fingerprint density at radius 1 is 0.864 bits per heavy atom. The first kappa shape index (κ1) is 35.0. The Morgan fingerprint density at radius 2 is 1.43 bits per heavy atom. The van der Waals surface area contributed by atoms with Crippen LogP contribution in [0.1, 0.15) is 51.4 Å². The molecule has 11 heteroatoms. The zero-order chi connectivity index (χ0) is 32.6. The van der Waals surface area contributed by atoms with Crippen molar-refractivity contribution in [2.45, 2.75) is 41.0 Å². The van der Waals surface area contributed by atoms with Gasteiger partial charge in [-0.2, -0.15) is 0 Å². The van der Waals surface area contributed by atoms with E-state index in [2.05, 4.69) is 4.90 Å². The second kappa shape index (κ2) is 15.5. The van der Waals surface area contributed by atoms with Crippen molar-refractivity contribution in [3.63, 3.8) is 0 Å². The van der Waals surface area contributed by atoms with E-state index in [1.807, 2.05) is 41.7 Å². The molecular weight excluding hydrogens is 585 g/mol. The van der Waals surface area contributed by atoms with Crippen LogP contribution in [0.2, 0.25) is 5.02 Å². The van der Waals surface area contributed by atoms with Crippen molar-refractivity contribution < 1.29 is 23.6 Å². The summed E-state index contributed by atoms with van der Waals surface area (Å²) in [5.41, 5.74) is 0.989. The summed E-state index contributed by atoms with van der Waals surface area (Å²) < 4.78 is 14.9. The van der Waals surface area contributed by atoms with Crippen molar-refractivity contribution in [3.05, 3.63) is 52.8 Å². The number of hydrogen-bond donors (Lipinski definition) is 0. The lowest BCUT2D eigenvalue weighted by Crippen LogP contribution is -2.51. The van der Waals surface area contributed by atoms with E-state index in [1.54, 1.807) is 39.0 Å². The monoisotopic (exact) mass is 629 g/mol. The van der Waals surface area contributed by atoms with Crippen LogP contribution in [0.25, 0.3) is 11.1 Å². The maximum atomic E-state index is 14.9. The van der Waals surface area contributed by atoms with Crippen LogP contribution in [0.4, 0.5) is 10.1 Å². The number of benzene rings is 2. The lowest BCUT2D eigenvalue weighted by Gasteiger charge is -2.36. The molecule has 240 valence electrons. The zero-order valence-electron chi connectivity index (χ0n) is 26.7. The van der Waals surface area contributed by atoms with Crippen LogP contribution >= 0.6 is 11.6 Å². The number of piperazine rings is 2. The molecule has 0 aliphatic carbocycles. The molecule has 0 saturated carbocycles. The molecule has 4 rings (SSSR count). The minimum atomic E-state index is -0.544. The van der Waals surface area contributed by atoms with Gasteiger partial charge in [-0.25, -0.2) is 4.39 Å².